The minimum Gasteiger partial charge on any atom is -0.399 e. The molecule has 0 radical (unpaired) electrons. The molecule has 1 aliphatic heterocycles. The molecule has 1 unspecified atom stereocenters. The van der Waals surface area contributed by atoms with E-state index in [1.54, 1.807) is 48.7 Å². The van der Waals surface area contributed by atoms with E-state index in [1.807, 2.05) is 46.1 Å². The third-order valence-electron chi connectivity index (χ3n) is 8.62. The summed E-state index contributed by atoms with van der Waals surface area (Å²) in [6.45, 7) is 6.94. The molecule has 1 aliphatic rings. The van der Waals surface area contributed by atoms with Gasteiger partial charge in [-0.25, -0.2) is 4.98 Å². The van der Waals surface area contributed by atoms with Crippen molar-refractivity contribution in [2.75, 3.05) is 39.5 Å². The number of benzene rings is 3. The summed E-state index contributed by atoms with van der Waals surface area (Å²) in [4.78, 5) is 44.4. The lowest BCUT2D eigenvalue weighted by molar-refractivity contribution is -0.111. The molecule has 6 rings (SSSR count). The normalized spacial score (nSPS) is 14.2. The molecule has 1 saturated heterocycles. The number of aromatic nitrogens is 3. The number of piperidine rings is 1. The molecule has 4 N–H and O–H groups in total. The predicted octanol–water partition coefficient (Wildman–Crippen LogP) is 6.21. The van der Waals surface area contributed by atoms with Crippen LogP contribution in [-0.4, -0.2) is 76.4 Å². The summed E-state index contributed by atoms with van der Waals surface area (Å²) < 4.78 is 1.50. The van der Waals surface area contributed by atoms with Gasteiger partial charge in [-0.15, -0.1) is 0 Å². The molecule has 2 aromatic heterocycles. The fraction of sp³-hybridized carbons (Fsp3) is 0.375. The number of nitrogen functional groups attached to an aromatic ring is 1. The van der Waals surface area contributed by atoms with Gasteiger partial charge < -0.3 is 25.9 Å². The first-order valence-corrected chi connectivity index (χ1v) is 17.8. The Kier molecular flexibility index (Phi) is 16.9. The Balaban J connectivity index is 0.000000208. The first-order valence-electron chi connectivity index (χ1n) is 17.4. The Labute approximate surface area is 305 Å². The van der Waals surface area contributed by atoms with Crippen LogP contribution >= 0.6 is 11.6 Å². The topological polar surface area (TPSA) is 143 Å². The maximum absolute atomic E-state index is 12.5. The minimum atomic E-state index is -0.834. The van der Waals surface area contributed by atoms with Crippen LogP contribution in [0, 0.1) is 5.92 Å². The number of anilines is 1. The zero-order chi connectivity index (χ0) is 37.2. The van der Waals surface area contributed by atoms with Crippen molar-refractivity contribution in [1.29, 1.82) is 0 Å². The third-order valence-corrected chi connectivity index (χ3v) is 8.95. The lowest BCUT2D eigenvalue weighted by Gasteiger charge is -2.36. The Hall–Kier alpha value is -4.48. The van der Waals surface area contributed by atoms with Crippen LogP contribution in [-0.2, 0) is 17.8 Å². The van der Waals surface area contributed by atoms with E-state index in [0.717, 1.165) is 62.4 Å². The number of aldehydes is 2. The molecular weight excluding hydrogens is 664 g/mol. The van der Waals surface area contributed by atoms with Crippen LogP contribution in [0.15, 0.2) is 90.1 Å². The predicted molar refractivity (Wildman–Crippen MR) is 208 cm³/mol. The number of hydrogen-bond acceptors (Lipinski definition) is 9. The molecule has 0 amide bonds. The lowest BCUT2D eigenvalue weighted by Crippen LogP contribution is -2.46. The molecule has 3 aromatic carbocycles. The summed E-state index contributed by atoms with van der Waals surface area (Å²) in [6.07, 6.45) is 9.23. The van der Waals surface area contributed by atoms with Gasteiger partial charge in [0, 0.05) is 41.8 Å². The molecule has 51 heavy (non-hydrogen) atoms. The van der Waals surface area contributed by atoms with Crippen molar-refractivity contribution in [3.63, 3.8) is 0 Å². The van der Waals surface area contributed by atoms with Gasteiger partial charge in [0.2, 0.25) is 0 Å². The van der Waals surface area contributed by atoms with Crippen molar-refractivity contribution in [2.45, 2.75) is 58.1 Å². The molecule has 272 valence electrons. The van der Waals surface area contributed by atoms with Crippen molar-refractivity contribution in [1.82, 2.24) is 24.8 Å². The largest absolute Gasteiger partial charge is 0.399 e. The lowest BCUT2D eigenvalue weighted by atomic mass is 9.91. The van der Waals surface area contributed by atoms with E-state index in [4.69, 9.17) is 17.3 Å². The zero-order valence-corrected chi connectivity index (χ0v) is 30.9. The van der Waals surface area contributed by atoms with E-state index >= 15 is 0 Å². The number of fused-ring (bicyclic) bond motifs is 2. The molecule has 10 nitrogen and oxygen atoms in total. The standard InChI is InChI=1S/C15H20N4O2.C13H19NO.C10H6ClNO.C2H6/c1-18-6-4-15(21,5-7-18)9-19-10-17-13-8-11(16)2-3-12(13)14(19)20;1-14-9-5-8-13(11-15)10-12-6-3-2-4-7-12;11-9-3-4-12-10-5-7(6-13)1-2-8(9)10;1-2/h2-3,8,10,21H,4-7,9,16H2,1H3;2-4,6-7,11,13-14H,5,8-10H2,1H3;1-6H;1-2H3. The maximum Gasteiger partial charge on any atom is 0.261 e. The molecular formula is C40H51ClN6O4. The highest BCUT2D eigenvalue weighted by Crippen LogP contribution is 2.24. The third kappa shape index (κ3) is 12.7. The van der Waals surface area contributed by atoms with Crippen molar-refractivity contribution in [2.24, 2.45) is 5.92 Å². The Morgan fingerprint density at radius 2 is 1.67 bits per heavy atom. The van der Waals surface area contributed by atoms with Crippen molar-refractivity contribution < 1.29 is 14.7 Å². The quantitative estimate of drug-likeness (QED) is 0.0875. The van der Waals surface area contributed by atoms with Crippen molar-refractivity contribution in [3.8, 4) is 0 Å². The van der Waals surface area contributed by atoms with Gasteiger partial charge in [-0.2, -0.15) is 0 Å². The number of halogens is 1. The van der Waals surface area contributed by atoms with E-state index in [-0.39, 0.29) is 18.0 Å². The fourth-order valence-corrected chi connectivity index (χ4v) is 5.89. The average Bonchev–Trinajstić information content (AvgIpc) is 3.15. The molecule has 0 spiro atoms. The summed E-state index contributed by atoms with van der Waals surface area (Å²) in [6, 6.07) is 22.2. The SMILES string of the molecule is CC.CN1CCC(O)(Cn2cnc3cc(N)ccc3c2=O)CC1.CNCCCC(C=O)Cc1ccccc1.O=Cc1ccc2c(Cl)ccnc2c1. The number of hydrogen-bond donors (Lipinski definition) is 3. The van der Waals surface area contributed by atoms with Crippen LogP contribution in [0.1, 0.15) is 55.5 Å². The van der Waals surface area contributed by atoms with Gasteiger partial charge in [-0.1, -0.05) is 67.9 Å². The van der Waals surface area contributed by atoms with Crippen LogP contribution in [0.4, 0.5) is 5.69 Å². The Morgan fingerprint density at radius 1 is 0.980 bits per heavy atom. The van der Waals surface area contributed by atoms with E-state index < -0.39 is 5.60 Å². The second-order valence-electron chi connectivity index (χ2n) is 12.5. The number of nitrogens with one attached hydrogen (secondary N) is 1. The molecule has 1 fully saturated rings. The monoisotopic (exact) mass is 714 g/mol. The fourth-order valence-electron chi connectivity index (χ4n) is 5.68. The number of likely N-dealkylation sites (tertiary alicyclic amines) is 1. The number of nitrogens with zero attached hydrogens (tertiary/aromatic N) is 4. The Bertz CT molecular complexity index is 1880. The summed E-state index contributed by atoms with van der Waals surface area (Å²) >= 11 is 5.92. The van der Waals surface area contributed by atoms with Gasteiger partial charge in [-0.05, 0) is 88.6 Å². The van der Waals surface area contributed by atoms with Gasteiger partial charge in [-0.3, -0.25) is 19.1 Å². The summed E-state index contributed by atoms with van der Waals surface area (Å²) in [5.41, 5.74) is 8.52. The minimum absolute atomic E-state index is 0.132. The van der Waals surface area contributed by atoms with Crippen LogP contribution in [0.3, 0.4) is 0 Å². The number of carbonyl (C=O) groups is 2. The van der Waals surface area contributed by atoms with Crippen LogP contribution in [0.25, 0.3) is 21.8 Å². The van der Waals surface area contributed by atoms with Crippen molar-refractivity contribution in [3.05, 3.63) is 112 Å². The van der Waals surface area contributed by atoms with E-state index in [1.165, 1.54) is 16.5 Å². The summed E-state index contributed by atoms with van der Waals surface area (Å²) in [5, 5.41) is 15.8. The average molecular weight is 715 g/mol. The van der Waals surface area contributed by atoms with Crippen molar-refractivity contribution >= 4 is 51.7 Å². The highest BCUT2D eigenvalue weighted by Gasteiger charge is 2.32. The van der Waals surface area contributed by atoms with E-state index in [0.29, 0.717) is 40.0 Å². The highest BCUT2D eigenvalue weighted by atomic mass is 35.5. The second kappa shape index (κ2) is 21.0. The van der Waals surface area contributed by atoms with E-state index in [9.17, 15) is 19.5 Å². The van der Waals surface area contributed by atoms with Crippen LogP contribution in [0.5, 0.6) is 0 Å². The van der Waals surface area contributed by atoms with E-state index in [2.05, 4.69) is 32.3 Å². The van der Waals surface area contributed by atoms with Gasteiger partial charge in [0.25, 0.3) is 5.56 Å². The summed E-state index contributed by atoms with van der Waals surface area (Å²) in [5.74, 6) is 0.167. The number of aliphatic hydroxyl groups is 1. The van der Waals surface area contributed by atoms with Gasteiger partial charge >= 0.3 is 0 Å². The molecule has 0 aliphatic carbocycles. The highest BCUT2D eigenvalue weighted by molar-refractivity contribution is 6.35. The molecule has 5 aromatic rings. The molecule has 0 saturated carbocycles. The van der Waals surface area contributed by atoms with Gasteiger partial charge in [0.05, 0.1) is 39.9 Å². The number of carbonyl (C=O) groups excluding carboxylic acids is 2. The smallest absolute Gasteiger partial charge is 0.261 e. The van der Waals surface area contributed by atoms with Gasteiger partial charge in [0.15, 0.2) is 0 Å². The molecule has 11 heteroatoms. The molecule has 1 atom stereocenters. The number of pyridine rings is 1. The first-order chi connectivity index (χ1) is 24.6. The van der Waals surface area contributed by atoms with Gasteiger partial charge in [0.1, 0.15) is 12.6 Å². The zero-order valence-electron chi connectivity index (χ0n) is 30.1. The molecule has 3 heterocycles. The molecule has 0 bridgehead atoms. The first kappa shape index (κ1) is 40.9. The summed E-state index contributed by atoms with van der Waals surface area (Å²) in [7, 11) is 3.97. The number of rotatable bonds is 10. The maximum atomic E-state index is 12.5. The van der Waals surface area contributed by atoms with Crippen LogP contribution in [0.2, 0.25) is 5.02 Å². The number of nitrogens with two attached hydrogens (primary N) is 1. The second-order valence-corrected chi connectivity index (χ2v) is 12.9. The Morgan fingerprint density at radius 3 is 2.33 bits per heavy atom. The van der Waals surface area contributed by atoms with Crippen LogP contribution < -0.4 is 16.6 Å².